The van der Waals surface area contributed by atoms with E-state index in [-0.39, 0.29) is 6.04 Å². The molecule has 0 spiro atoms. The van der Waals surface area contributed by atoms with Gasteiger partial charge in [-0.05, 0) is 24.1 Å². The Kier molecular flexibility index (Phi) is 5.36. The van der Waals surface area contributed by atoms with Crippen LogP contribution in [0.5, 0.6) is 0 Å². The lowest BCUT2D eigenvalue weighted by Gasteiger charge is -2.16. The Hall–Kier alpha value is -0.320. The second-order valence-electron chi connectivity index (χ2n) is 3.17. The molecule has 1 aromatic carbocycles. The van der Waals surface area contributed by atoms with E-state index < -0.39 is 0 Å². The molecule has 1 atom stereocenters. The smallest absolute Gasteiger partial charge is 0.0595 e. The average molecular weight is 249 g/mol. The predicted octanol–water partition coefficient (Wildman–Crippen LogP) is 2.53. The SMILES string of the molecule is COCCC(NN)c1ccc(Cl)c(Cl)c1. The van der Waals surface area contributed by atoms with Gasteiger partial charge in [-0.2, -0.15) is 0 Å². The zero-order valence-corrected chi connectivity index (χ0v) is 9.98. The monoisotopic (exact) mass is 248 g/mol. The molecule has 0 saturated heterocycles. The highest BCUT2D eigenvalue weighted by atomic mass is 35.5. The molecular weight excluding hydrogens is 235 g/mol. The summed E-state index contributed by atoms with van der Waals surface area (Å²) in [6, 6.07) is 5.49. The van der Waals surface area contributed by atoms with E-state index in [1.54, 1.807) is 13.2 Å². The van der Waals surface area contributed by atoms with Crippen molar-refractivity contribution in [3.05, 3.63) is 33.8 Å². The summed E-state index contributed by atoms with van der Waals surface area (Å²) < 4.78 is 4.99. The zero-order chi connectivity index (χ0) is 11.3. The molecule has 84 valence electrons. The van der Waals surface area contributed by atoms with Crippen molar-refractivity contribution in [3.8, 4) is 0 Å². The lowest BCUT2D eigenvalue weighted by atomic mass is 10.1. The second kappa shape index (κ2) is 6.30. The Morgan fingerprint density at radius 3 is 2.67 bits per heavy atom. The molecule has 0 saturated carbocycles. The minimum absolute atomic E-state index is 0.0275. The van der Waals surface area contributed by atoms with E-state index in [0.717, 1.165) is 12.0 Å². The van der Waals surface area contributed by atoms with Crippen LogP contribution >= 0.6 is 23.2 Å². The van der Waals surface area contributed by atoms with Crippen LogP contribution in [0.1, 0.15) is 18.0 Å². The number of rotatable bonds is 5. The fourth-order valence-electron chi connectivity index (χ4n) is 1.31. The molecule has 0 aliphatic carbocycles. The summed E-state index contributed by atoms with van der Waals surface area (Å²) in [5, 5.41) is 1.08. The summed E-state index contributed by atoms with van der Waals surface area (Å²) in [5.74, 6) is 5.45. The first-order valence-corrected chi connectivity index (χ1v) is 5.34. The maximum atomic E-state index is 5.92. The fraction of sp³-hybridized carbons (Fsp3) is 0.400. The zero-order valence-electron chi connectivity index (χ0n) is 8.47. The Labute approximate surface area is 99.5 Å². The van der Waals surface area contributed by atoms with Gasteiger partial charge in [0.1, 0.15) is 0 Å². The van der Waals surface area contributed by atoms with Gasteiger partial charge < -0.3 is 4.74 Å². The van der Waals surface area contributed by atoms with Crippen LogP contribution in [-0.4, -0.2) is 13.7 Å². The molecular formula is C10H14Cl2N2O. The van der Waals surface area contributed by atoms with Gasteiger partial charge in [-0.15, -0.1) is 0 Å². The average Bonchev–Trinajstić information content (AvgIpc) is 2.24. The minimum atomic E-state index is 0.0275. The van der Waals surface area contributed by atoms with E-state index in [9.17, 15) is 0 Å². The van der Waals surface area contributed by atoms with Gasteiger partial charge in [-0.1, -0.05) is 29.3 Å². The summed E-state index contributed by atoms with van der Waals surface area (Å²) in [6.07, 6.45) is 0.783. The summed E-state index contributed by atoms with van der Waals surface area (Å²) in [4.78, 5) is 0. The molecule has 15 heavy (non-hydrogen) atoms. The van der Waals surface area contributed by atoms with Gasteiger partial charge >= 0.3 is 0 Å². The number of ether oxygens (including phenoxy) is 1. The van der Waals surface area contributed by atoms with Gasteiger partial charge in [-0.3, -0.25) is 11.3 Å². The second-order valence-corrected chi connectivity index (χ2v) is 3.99. The van der Waals surface area contributed by atoms with Crippen molar-refractivity contribution in [1.29, 1.82) is 0 Å². The van der Waals surface area contributed by atoms with Crippen molar-refractivity contribution < 1.29 is 4.74 Å². The highest BCUT2D eigenvalue weighted by Crippen LogP contribution is 2.26. The molecule has 0 heterocycles. The minimum Gasteiger partial charge on any atom is -0.385 e. The molecule has 0 aliphatic heterocycles. The first kappa shape index (κ1) is 12.7. The Balaban J connectivity index is 2.78. The third-order valence-electron chi connectivity index (χ3n) is 2.16. The molecule has 0 amide bonds. The largest absolute Gasteiger partial charge is 0.385 e. The molecule has 0 aliphatic rings. The topological polar surface area (TPSA) is 47.3 Å². The Morgan fingerprint density at radius 2 is 2.13 bits per heavy atom. The fourth-order valence-corrected chi connectivity index (χ4v) is 1.62. The van der Waals surface area contributed by atoms with Gasteiger partial charge in [0.05, 0.1) is 10.0 Å². The van der Waals surface area contributed by atoms with Crippen LogP contribution in [-0.2, 0) is 4.74 Å². The molecule has 3 nitrogen and oxygen atoms in total. The number of nitrogens with two attached hydrogens (primary N) is 1. The van der Waals surface area contributed by atoms with Crippen LogP contribution in [0.3, 0.4) is 0 Å². The van der Waals surface area contributed by atoms with E-state index in [0.29, 0.717) is 16.7 Å². The summed E-state index contributed by atoms with van der Waals surface area (Å²) in [6.45, 7) is 0.634. The third-order valence-corrected chi connectivity index (χ3v) is 2.90. The van der Waals surface area contributed by atoms with E-state index >= 15 is 0 Å². The van der Waals surface area contributed by atoms with Crippen LogP contribution in [0.15, 0.2) is 18.2 Å². The van der Waals surface area contributed by atoms with E-state index in [4.69, 9.17) is 33.8 Å². The van der Waals surface area contributed by atoms with E-state index in [1.165, 1.54) is 0 Å². The number of benzene rings is 1. The molecule has 0 aromatic heterocycles. The number of halogens is 2. The van der Waals surface area contributed by atoms with Gasteiger partial charge in [0.2, 0.25) is 0 Å². The summed E-state index contributed by atoms with van der Waals surface area (Å²) in [7, 11) is 1.66. The van der Waals surface area contributed by atoms with Crippen LogP contribution < -0.4 is 11.3 Å². The van der Waals surface area contributed by atoms with Crippen molar-refractivity contribution in [1.82, 2.24) is 5.43 Å². The lowest BCUT2D eigenvalue weighted by molar-refractivity contribution is 0.183. The van der Waals surface area contributed by atoms with E-state index in [2.05, 4.69) is 5.43 Å². The lowest BCUT2D eigenvalue weighted by Crippen LogP contribution is -2.28. The Bertz CT molecular complexity index is 320. The summed E-state index contributed by atoms with van der Waals surface area (Å²) in [5.41, 5.74) is 3.72. The number of hydrazine groups is 1. The predicted molar refractivity (Wildman–Crippen MR) is 63.0 cm³/mol. The number of hydrogen-bond acceptors (Lipinski definition) is 3. The molecule has 0 bridgehead atoms. The van der Waals surface area contributed by atoms with Crippen molar-refractivity contribution in [2.75, 3.05) is 13.7 Å². The number of nitrogens with one attached hydrogen (secondary N) is 1. The molecule has 5 heteroatoms. The van der Waals surface area contributed by atoms with Crippen molar-refractivity contribution in [2.45, 2.75) is 12.5 Å². The van der Waals surface area contributed by atoms with Crippen molar-refractivity contribution in [3.63, 3.8) is 0 Å². The van der Waals surface area contributed by atoms with Crippen molar-refractivity contribution >= 4 is 23.2 Å². The molecule has 1 rings (SSSR count). The molecule has 0 fully saturated rings. The van der Waals surface area contributed by atoms with Crippen LogP contribution in [0.2, 0.25) is 10.0 Å². The van der Waals surface area contributed by atoms with Crippen LogP contribution in [0.25, 0.3) is 0 Å². The maximum absolute atomic E-state index is 5.92. The highest BCUT2D eigenvalue weighted by molar-refractivity contribution is 6.42. The molecule has 1 aromatic rings. The van der Waals surface area contributed by atoms with Gasteiger partial charge in [0, 0.05) is 19.8 Å². The summed E-state index contributed by atoms with van der Waals surface area (Å²) >= 11 is 11.7. The van der Waals surface area contributed by atoms with Gasteiger partial charge in [0.25, 0.3) is 0 Å². The van der Waals surface area contributed by atoms with Crippen LogP contribution in [0, 0.1) is 0 Å². The maximum Gasteiger partial charge on any atom is 0.0595 e. The van der Waals surface area contributed by atoms with Crippen molar-refractivity contribution in [2.24, 2.45) is 5.84 Å². The molecule has 3 N–H and O–H groups in total. The Morgan fingerprint density at radius 1 is 1.40 bits per heavy atom. The van der Waals surface area contributed by atoms with Gasteiger partial charge in [0.15, 0.2) is 0 Å². The standard InChI is InChI=1S/C10H14Cl2N2O/c1-15-5-4-10(14-13)7-2-3-8(11)9(12)6-7/h2-3,6,10,14H,4-5,13H2,1H3. The van der Waals surface area contributed by atoms with E-state index in [1.807, 2.05) is 12.1 Å². The highest BCUT2D eigenvalue weighted by Gasteiger charge is 2.10. The molecule has 0 radical (unpaired) electrons. The third kappa shape index (κ3) is 3.63. The van der Waals surface area contributed by atoms with Gasteiger partial charge in [-0.25, -0.2) is 0 Å². The quantitative estimate of drug-likeness (QED) is 0.622. The first-order valence-electron chi connectivity index (χ1n) is 4.59. The number of hydrogen-bond donors (Lipinski definition) is 2. The van der Waals surface area contributed by atoms with Crippen LogP contribution in [0.4, 0.5) is 0 Å². The number of methoxy groups -OCH3 is 1. The molecule has 1 unspecified atom stereocenters. The normalized spacial score (nSPS) is 12.8. The first-order chi connectivity index (χ1) is 7.19.